The summed E-state index contributed by atoms with van der Waals surface area (Å²) in [5, 5.41) is 5.97. The van der Waals surface area contributed by atoms with Crippen molar-refractivity contribution in [3.05, 3.63) is 59.0 Å². The molecule has 5 nitrogen and oxygen atoms in total. The van der Waals surface area contributed by atoms with Crippen LogP contribution in [0.2, 0.25) is 0 Å². The molecule has 1 aromatic carbocycles. The summed E-state index contributed by atoms with van der Waals surface area (Å²) >= 11 is 0. The van der Waals surface area contributed by atoms with E-state index in [4.69, 9.17) is 4.74 Å². The standard InChI is InChI=1S/C18H20F4N4O/c1-12-5-6-13(8-15(12)19)9-25-17(23-2)26-10-14-4-3-7-24-16(14)27-11-18(20,21)22/h3-8H,9-11H2,1-2H3,(H2,23,25,26). The van der Waals surface area contributed by atoms with Gasteiger partial charge in [-0.3, -0.25) is 4.99 Å². The fourth-order valence-corrected chi connectivity index (χ4v) is 2.17. The van der Waals surface area contributed by atoms with Gasteiger partial charge >= 0.3 is 6.18 Å². The minimum absolute atomic E-state index is 0.0987. The van der Waals surface area contributed by atoms with Crippen molar-refractivity contribution in [3.63, 3.8) is 0 Å². The summed E-state index contributed by atoms with van der Waals surface area (Å²) in [4.78, 5) is 7.87. The van der Waals surface area contributed by atoms with Gasteiger partial charge in [0, 0.05) is 31.9 Å². The van der Waals surface area contributed by atoms with Gasteiger partial charge in [0.1, 0.15) is 5.82 Å². The molecule has 0 radical (unpaired) electrons. The molecule has 1 aromatic heterocycles. The molecular formula is C18H20F4N4O. The maximum absolute atomic E-state index is 13.6. The molecule has 2 aromatic rings. The summed E-state index contributed by atoms with van der Waals surface area (Å²) in [7, 11) is 1.55. The molecule has 0 fully saturated rings. The van der Waals surface area contributed by atoms with Crippen molar-refractivity contribution in [1.29, 1.82) is 0 Å². The van der Waals surface area contributed by atoms with Gasteiger partial charge in [-0.15, -0.1) is 0 Å². The number of aromatic nitrogens is 1. The second-order valence-electron chi connectivity index (χ2n) is 5.73. The van der Waals surface area contributed by atoms with Crippen LogP contribution >= 0.6 is 0 Å². The van der Waals surface area contributed by atoms with Crippen molar-refractivity contribution >= 4 is 5.96 Å². The van der Waals surface area contributed by atoms with E-state index in [0.717, 1.165) is 5.56 Å². The van der Waals surface area contributed by atoms with Crippen LogP contribution in [0.4, 0.5) is 17.6 Å². The quantitative estimate of drug-likeness (QED) is 0.456. The molecule has 0 unspecified atom stereocenters. The minimum Gasteiger partial charge on any atom is -0.468 e. The van der Waals surface area contributed by atoms with Gasteiger partial charge in [-0.1, -0.05) is 18.2 Å². The first kappa shape index (κ1) is 20.5. The summed E-state index contributed by atoms with van der Waals surface area (Å²) in [6.07, 6.45) is -3.09. The summed E-state index contributed by atoms with van der Waals surface area (Å²) in [6.45, 7) is 0.757. The summed E-state index contributed by atoms with van der Waals surface area (Å²) in [5.74, 6) is 0.0130. The summed E-state index contributed by atoms with van der Waals surface area (Å²) < 4.78 is 55.3. The average Bonchev–Trinajstić information content (AvgIpc) is 2.63. The maximum Gasteiger partial charge on any atom is 0.422 e. The number of rotatable bonds is 6. The first-order valence-electron chi connectivity index (χ1n) is 8.11. The number of guanidine groups is 1. The van der Waals surface area contributed by atoms with Crippen molar-refractivity contribution in [1.82, 2.24) is 15.6 Å². The lowest BCUT2D eigenvalue weighted by Gasteiger charge is -2.15. The number of hydrogen-bond acceptors (Lipinski definition) is 3. The zero-order chi connectivity index (χ0) is 19.9. The second-order valence-corrected chi connectivity index (χ2v) is 5.73. The Hall–Kier alpha value is -2.84. The van der Waals surface area contributed by atoms with E-state index >= 15 is 0 Å². The molecule has 0 bridgehead atoms. The Balaban J connectivity index is 1.93. The number of hydrogen-bond donors (Lipinski definition) is 2. The van der Waals surface area contributed by atoms with Crippen LogP contribution in [-0.4, -0.2) is 30.8 Å². The highest BCUT2D eigenvalue weighted by Gasteiger charge is 2.29. The fraction of sp³-hybridized carbons (Fsp3) is 0.333. The van der Waals surface area contributed by atoms with E-state index in [9.17, 15) is 17.6 Å². The van der Waals surface area contributed by atoms with Crippen molar-refractivity contribution in [2.45, 2.75) is 26.2 Å². The molecular weight excluding hydrogens is 364 g/mol. The number of aryl methyl sites for hydroxylation is 1. The highest BCUT2D eigenvalue weighted by Crippen LogP contribution is 2.19. The Morgan fingerprint density at radius 2 is 1.93 bits per heavy atom. The van der Waals surface area contributed by atoms with E-state index in [2.05, 4.69) is 20.6 Å². The molecule has 0 saturated carbocycles. The Morgan fingerprint density at radius 3 is 2.59 bits per heavy atom. The van der Waals surface area contributed by atoms with Gasteiger partial charge in [-0.2, -0.15) is 13.2 Å². The Labute approximate surface area is 154 Å². The number of alkyl halides is 3. The van der Waals surface area contributed by atoms with E-state index in [1.807, 2.05) is 0 Å². The van der Waals surface area contributed by atoms with Crippen LogP contribution in [-0.2, 0) is 13.1 Å². The van der Waals surface area contributed by atoms with Crippen LogP contribution in [0.3, 0.4) is 0 Å². The van der Waals surface area contributed by atoms with Gasteiger partial charge in [0.05, 0.1) is 0 Å². The van der Waals surface area contributed by atoms with Gasteiger partial charge < -0.3 is 15.4 Å². The van der Waals surface area contributed by atoms with E-state index in [1.54, 1.807) is 38.2 Å². The zero-order valence-corrected chi connectivity index (χ0v) is 14.9. The van der Waals surface area contributed by atoms with Crippen molar-refractivity contribution in [2.24, 2.45) is 4.99 Å². The number of nitrogens with one attached hydrogen (secondary N) is 2. The van der Waals surface area contributed by atoms with Crippen LogP contribution in [0.5, 0.6) is 5.88 Å². The van der Waals surface area contributed by atoms with E-state index < -0.39 is 12.8 Å². The van der Waals surface area contributed by atoms with Gasteiger partial charge in [0.25, 0.3) is 0 Å². The maximum atomic E-state index is 13.6. The third kappa shape index (κ3) is 6.76. The molecule has 9 heteroatoms. The predicted molar refractivity (Wildman–Crippen MR) is 94.0 cm³/mol. The monoisotopic (exact) mass is 384 g/mol. The number of halogens is 4. The van der Waals surface area contributed by atoms with E-state index in [-0.39, 0.29) is 18.2 Å². The highest BCUT2D eigenvalue weighted by atomic mass is 19.4. The second kappa shape index (κ2) is 9.20. The van der Waals surface area contributed by atoms with Gasteiger partial charge in [-0.25, -0.2) is 9.37 Å². The van der Waals surface area contributed by atoms with Crippen molar-refractivity contribution < 1.29 is 22.3 Å². The summed E-state index contributed by atoms with van der Waals surface area (Å²) in [6, 6.07) is 8.11. The predicted octanol–water partition coefficient (Wildman–Crippen LogP) is 3.34. The van der Waals surface area contributed by atoms with E-state index in [0.29, 0.717) is 23.6 Å². The smallest absolute Gasteiger partial charge is 0.422 e. The molecule has 1 heterocycles. The van der Waals surface area contributed by atoms with Crippen molar-refractivity contribution in [2.75, 3.05) is 13.7 Å². The zero-order valence-electron chi connectivity index (χ0n) is 14.9. The topological polar surface area (TPSA) is 58.5 Å². The molecule has 0 saturated heterocycles. The molecule has 0 aliphatic carbocycles. The van der Waals surface area contributed by atoms with E-state index in [1.165, 1.54) is 12.3 Å². The first-order chi connectivity index (χ1) is 12.8. The molecule has 0 atom stereocenters. The fourth-order valence-electron chi connectivity index (χ4n) is 2.17. The molecule has 146 valence electrons. The van der Waals surface area contributed by atoms with Crippen molar-refractivity contribution in [3.8, 4) is 5.88 Å². The highest BCUT2D eigenvalue weighted by molar-refractivity contribution is 5.79. The lowest BCUT2D eigenvalue weighted by Crippen LogP contribution is -2.36. The SMILES string of the molecule is CN=C(NCc1ccc(C)c(F)c1)NCc1cccnc1OCC(F)(F)F. The number of pyridine rings is 1. The number of aliphatic imine (C=N–C) groups is 1. The Morgan fingerprint density at radius 1 is 1.19 bits per heavy atom. The number of ether oxygens (including phenoxy) is 1. The van der Waals surface area contributed by atoms with Crippen LogP contribution in [0.15, 0.2) is 41.5 Å². The number of benzene rings is 1. The molecule has 2 N–H and O–H groups in total. The lowest BCUT2D eigenvalue weighted by molar-refractivity contribution is -0.154. The molecule has 2 rings (SSSR count). The average molecular weight is 384 g/mol. The normalized spacial score (nSPS) is 12.0. The molecule has 0 amide bonds. The van der Waals surface area contributed by atoms with Gasteiger partial charge in [0.2, 0.25) is 5.88 Å². The third-order valence-corrected chi connectivity index (χ3v) is 3.59. The van der Waals surface area contributed by atoms with Crippen LogP contribution in [0, 0.1) is 12.7 Å². The van der Waals surface area contributed by atoms with Crippen LogP contribution in [0.25, 0.3) is 0 Å². The molecule has 0 aliphatic heterocycles. The Bertz CT molecular complexity index is 793. The molecule has 0 spiro atoms. The minimum atomic E-state index is -4.44. The molecule has 0 aliphatic rings. The largest absolute Gasteiger partial charge is 0.468 e. The van der Waals surface area contributed by atoms with Gasteiger partial charge in [-0.05, 0) is 30.2 Å². The van der Waals surface area contributed by atoms with Gasteiger partial charge in [0.15, 0.2) is 12.6 Å². The first-order valence-corrected chi connectivity index (χ1v) is 8.11. The molecule has 27 heavy (non-hydrogen) atoms. The lowest BCUT2D eigenvalue weighted by atomic mass is 10.1. The van der Waals surface area contributed by atoms with Crippen LogP contribution < -0.4 is 15.4 Å². The van der Waals surface area contributed by atoms with Crippen LogP contribution in [0.1, 0.15) is 16.7 Å². The Kier molecular flexibility index (Phi) is 6.98. The summed E-state index contributed by atoms with van der Waals surface area (Å²) in [5.41, 5.74) is 1.74. The number of nitrogens with zero attached hydrogens (tertiary/aromatic N) is 2. The third-order valence-electron chi connectivity index (χ3n) is 3.59.